The largest absolute Gasteiger partial charge is 0.429 e. The van der Waals surface area contributed by atoms with Crippen LogP contribution in [-0.2, 0) is 4.43 Å². The zero-order valence-corrected chi connectivity index (χ0v) is 28.1. The molecule has 0 aromatic heterocycles. The summed E-state index contributed by atoms with van der Waals surface area (Å²) in [6, 6.07) is 0. The normalized spacial score (nSPS) is 40.9. The minimum atomic E-state index is -5.84. The van der Waals surface area contributed by atoms with Crippen molar-refractivity contribution in [2.75, 3.05) is 0 Å². The molecule has 4 fully saturated rings. The topological polar surface area (TPSA) is 29.5 Å². The number of allylic oxidation sites excluding steroid dienone is 1. The Morgan fingerprint density at radius 2 is 1.38 bits per heavy atom. The molecule has 1 N–H and O–H groups in total. The molecule has 4 aliphatic carbocycles. The van der Waals surface area contributed by atoms with E-state index in [4.69, 9.17) is 4.43 Å². The number of hydrogen-bond acceptors (Lipinski definition) is 2. The van der Waals surface area contributed by atoms with Crippen LogP contribution in [0.5, 0.6) is 0 Å². The van der Waals surface area contributed by atoms with Gasteiger partial charge in [-0.1, -0.05) is 61.0 Å². The standard InChI is InChI=1S/C33H54F6O2Si/c1-20-12-15-30(7)25-14-16-29(6)23(21(2)13-17-31(40,32(34,35)36)33(37,38)39)10-11-24(29)22(25)19-27(26(30)18-20)41-42(8,9)28(3,4)5/h13,17,20-27,40H,10-12,14-16,18-19H2,1-9H3/b17-13+/t20-,21-,22?,23-,24?,25?,26+,27+,29-,30-/m1/s1. The summed E-state index contributed by atoms with van der Waals surface area (Å²) in [4.78, 5) is 0. The minimum Gasteiger partial charge on any atom is -0.414 e. The van der Waals surface area contributed by atoms with Crippen LogP contribution in [0, 0.1) is 52.3 Å². The Hall–Kier alpha value is -0.543. The van der Waals surface area contributed by atoms with E-state index < -0.39 is 32.2 Å². The van der Waals surface area contributed by atoms with Crippen molar-refractivity contribution in [2.45, 2.75) is 142 Å². The molecule has 0 heterocycles. The molecule has 4 saturated carbocycles. The van der Waals surface area contributed by atoms with Gasteiger partial charge in [0.15, 0.2) is 8.32 Å². The highest BCUT2D eigenvalue weighted by molar-refractivity contribution is 6.74. The first-order valence-corrected chi connectivity index (χ1v) is 19.0. The lowest BCUT2D eigenvalue weighted by Gasteiger charge is -2.64. The second kappa shape index (κ2) is 10.8. The average molecular weight is 625 g/mol. The first-order valence-electron chi connectivity index (χ1n) is 16.1. The Kier molecular flexibility index (Phi) is 8.81. The van der Waals surface area contributed by atoms with Crippen LogP contribution < -0.4 is 0 Å². The third kappa shape index (κ3) is 5.56. The summed E-state index contributed by atoms with van der Waals surface area (Å²) in [5.74, 6) is 2.01. The van der Waals surface area contributed by atoms with E-state index in [1.807, 2.05) is 0 Å². The van der Waals surface area contributed by atoms with Crippen LogP contribution in [0.4, 0.5) is 26.3 Å². The first-order chi connectivity index (χ1) is 18.9. The van der Waals surface area contributed by atoms with E-state index in [0.29, 0.717) is 29.6 Å². The predicted octanol–water partition coefficient (Wildman–Crippen LogP) is 10.3. The van der Waals surface area contributed by atoms with E-state index in [1.54, 1.807) is 6.92 Å². The molecule has 0 aromatic rings. The summed E-state index contributed by atoms with van der Waals surface area (Å²) in [5, 5.41) is 9.81. The highest BCUT2D eigenvalue weighted by atomic mass is 28.4. The van der Waals surface area contributed by atoms with Crippen LogP contribution in [0.1, 0.15) is 99.8 Å². The van der Waals surface area contributed by atoms with E-state index in [1.165, 1.54) is 19.3 Å². The fourth-order valence-electron chi connectivity index (χ4n) is 9.83. The molecular weight excluding hydrogens is 570 g/mol. The molecule has 3 unspecified atom stereocenters. The molecule has 4 rings (SSSR count). The average Bonchev–Trinajstić information content (AvgIpc) is 3.18. The van der Waals surface area contributed by atoms with Gasteiger partial charge in [-0.05, 0) is 121 Å². The minimum absolute atomic E-state index is 0.0397. The summed E-state index contributed by atoms with van der Waals surface area (Å²) in [6.45, 7) is 20.3. The fraction of sp³-hybridized carbons (Fsp3) is 0.939. The molecule has 0 aliphatic heterocycles. The SMILES string of the molecule is C[C@@H]1CC[C@]2(C)C3CC[C@@]4(C)C(CC[C@@H]4[C@H](C)/C=C/C(O)(C(F)(F)F)C(F)(F)F)C3C[C@H](O[Si](C)(C)C(C)(C)C)[C@@H]2C1. The second-order valence-corrected chi connectivity index (χ2v) is 21.5. The molecule has 0 amide bonds. The van der Waals surface area contributed by atoms with Crippen LogP contribution in [0.2, 0.25) is 18.1 Å². The van der Waals surface area contributed by atoms with Crippen LogP contribution in [-0.4, -0.2) is 37.5 Å². The molecule has 0 radical (unpaired) electrons. The van der Waals surface area contributed by atoms with Gasteiger partial charge in [-0.15, -0.1) is 0 Å². The monoisotopic (exact) mass is 624 g/mol. The fourth-order valence-corrected chi connectivity index (χ4v) is 11.2. The van der Waals surface area contributed by atoms with Gasteiger partial charge in [0.1, 0.15) is 0 Å². The maximum absolute atomic E-state index is 13.4. The van der Waals surface area contributed by atoms with Crippen LogP contribution in [0.25, 0.3) is 0 Å². The third-order valence-electron chi connectivity index (χ3n) is 13.4. The van der Waals surface area contributed by atoms with Crippen molar-refractivity contribution < 1.29 is 35.9 Å². The van der Waals surface area contributed by atoms with E-state index in [2.05, 4.69) is 54.6 Å². The van der Waals surface area contributed by atoms with Crippen molar-refractivity contribution in [3.05, 3.63) is 12.2 Å². The number of halogens is 6. The van der Waals surface area contributed by atoms with Crippen LogP contribution in [0.15, 0.2) is 12.2 Å². The third-order valence-corrected chi connectivity index (χ3v) is 17.9. The summed E-state index contributed by atoms with van der Waals surface area (Å²) in [6.07, 6.45) is -2.25. The van der Waals surface area contributed by atoms with Gasteiger partial charge >= 0.3 is 12.4 Å². The molecule has 2 nitrogen and oxygen atoms in total. The van der Waals surface area contributed by atoms with Crippen LogP contribution >= 0.6 is 0 Å². The zero-order chi connectivity index (χ0) is 31.9. The molecule has 42 heavy (non-hydrogen) atoms. The van der Waals surface area contributed by atoms with E-state index in [0.717, 1.165) is 38.2 Å². The molecule has 0 spiro atoms. The number of aliphatic hydroxyl groups is 1. The van der Waals surface area contributed by atoms with Gasteiger partial charge in [-0.3, -0.25) is 0 Å². The quantitative estimate of drug-likeness (QED) is 0.187. The predicted molar refractivity (Wildman–Crippen MR) is 157 cm³/mol. The van der Waals surface area contributed by atoms with Gasteiger partial charge in [0.25, 0.3) is 5.60 Å². The Balaban J connectivity index is 1.63. The molecular formula is C33H54F6O2Si. The van der Waals surface area contributed by atoms with Gasteiger partial charge in [0.2, 0.25) is 0 Å². The van der Waals surface area contributed by atoms with Gasteiger partial charge in [-0.25, -0.2) is 0 Å². The Morgan fingerprint density at radius 1 is 0.833 bits per heavy atom. The Bertz CT molecular complexity index is 1000. The molecule has 9 heteroatoms. The first kappa shape index (κ1) is 34.3. The summed E-state index contributed by atoms with van der Waals surface area (Å²) >= 11 is 0. The van der Waals surface area contributed by atoms with Crippen molar-refractivity contribution in [3.8, 4) is 0 Å². The molecule has 10 atom stereocenters. The van der Waals surface area contributed by atoms with Crippen molar-refractivity contribution in [1.29, 1.82) is 0 Å². The highest BCUT2D eigenvalue weighted by Crippen LogP contribution is 2.69. The summed E-state index contributed by atoms with van der Waals surface area (Å²) in [5.41, 5.74) is -4.83. The van der Waals surface area contributed by atoms with E-state index in [9.17, 15) is 31.4 Å². The molecule has 0 bridgehead atoms. The van der Waals surface area contributed by atoms with Gasteiger partial charge in [-0.2, -0.15) is 26.3 Å². The van der Waals surface area contributed by atoms with Crippen molar-refractivity contribution in [2.24, 2.45) is 52.3 Å². The van der Waals surface area contributed by atoms with Gasteiger partial charge < -0.3 is 9.53 Å². The maximum Gasteiger partial charge on any atom is 0.429 e. The lowest BCUT2D eigenvalue weighted by atomic mass is 9.43. The molecule has 244 valence electrons. The number of rotatable bonds is 5. The van der Waals surface area contributed by atoms with Gasteiger partial charge in [0.05, 0.1) is 0 Å². The smallest absolute Gasteiger partial charge is 0.414 e. The van der Waals surface area contributed by atoms with Crippen molar-refractivity contribution in [1.82, 2.24) is 0 Å². The molecule has 0 aromatic carbocycles. The number of alkyl halides is 6. The van der Waals surface area contributed by atoms with Crippen molar-refractivity contribution in [3.63, 3.8) is 0 Å². The van der Waals surface area contributed by atoms with E-state index >= 15 is 0 Å². The number of fused-ring (bicyclic) bond motifs is 5. The Morgan fingerprint density at radius 3 is 1.93 bits per heavy atom. The molecule has 0 saturated heterocycles. The number of hydrogen-bond donors (Lipinski definition) is 1. The van der Waals surface area contributed by atoms with Crippen molar-refractivity contribution >= 4 is 8.32 Å². The summed E-state index contributed by atoms with van der Waals surface area (Å²) in [7, 11) is -2.04. The van der Waals surface area contributed by atoms with Gasteiger partial charge in [0, 0.05) is 6.10 Å². The lowest BCUT2D eigenvalue weighted by molar-refractivity contribution is -0.347. The Labute approximate surface area is 250 Å². The zero-order valence-electron chi connectivity index (χ0n) is 27.1. The van der Waals surface area contributed by atoms with E-state index in [-0.39, 0.29) is 34.0 Å². The lowest BCUT2D eigenvalue weighted by Crippen LogP contribution is -2.60. The highest BCUT2D eigenvalue weighted by Gasteiger charge is 2.69. The second-order valence-electron chi connectivity index (χ2n) is 16.7. The molecule has 4 aliphatic rings. The van der Waals surface area contributed by atoms with Crippen LogP contribution in [0.3, 0.4) is 0 Å². The summed E-state index contributed by atoms with van der Waals surface area (Å²) < 4.78 is 87.4. The maximum atomic E-state index is 13.4.